The number of aromatic nitrogens is 3. The lowest BCUT2D eigenvalue weighted by molar-refractivity contribution is 0.542. The predicted octanol–water partition coefficient (Wildman–Crippen LogP) is 2.21. The van der Waals surface area contributed by atoms with Gasteiger partial charge in [0.15, 0.2) is 0 Å². The van der Waals surface area contributed by atoms with Crippen LogP contribution < -0.4 is 5.69 Å². The lowest BCUT2D eigenvalue weighted by Gasteiger charge is -2.02. The quantitative estimate of drug-likeness (QED) is 0.870. The summed E-state index contributed by atoms with van der Waals surface area (Å²) in [5.74, 6) is 0.648. The summed E-state index contributed by atoms with van der Waals surface area (Å²) in [6, 6.07) is 7.65. The molecule has 0 aliphatic heterocycles. The molecule has 88 valence electrons. The highest BCUT2D eigenvalue weighted by Gasteiger charge is 2.23. The van der Waals surface area contributed by atoms with Gasteiger partial charge in [0.1, 0.15) is 6.33 Å². The number of para-hydroxylation sites is 1. The number of hydrogen-bond donors (Lipinski definition) is 0. The van der Waals surface area contributed by atoms with Gasteiger partial charge >= 0.3 is 5.69 Å². The van der Waals surface area contributed by atoms with E-state index in [4.69, 9.17) is 0 Å². The summed E-state index contributed by atoms with van der Waals surface area (Å²) in [6.45, 7) is 0.746. The van der Waals surface area contributed by atoms with Crippen LogP contribution in [0.25, 0.3) is 5.69 Å². The fourth-order valence-electron chi connectivity index (χ4n) is 1.82. The average molecular weight is 294 g/mol. The number of hydrogen-bond acceptors (Lipinski definition) is 2. The molecular weight excluding hydrogens is 282 g/mol. The number of rotatable bonds is 3. The second kappa shape index (κ2) is 4.14. The lowest BCUT2D eigenvalue weighted by Crippen LogP contribution is -2.24. The van der Waals surface area contributed by atoms with Crippen LogP contribution in [-0.4, -0.2) is 14.3 Å². The van der Waals surface area contributed by atoms with Gasteiger partial charge in [-0.1, -0.05) is 12.1 Å². The van der Waals surface area contributed by atoms with Crippen LogP contribution in [0, 0.1) is 5.92 Å². The van der Waals surface area contributed by atoms with E-state index < -0.39 is 0 Å². The van der Waals surface area contributed by atoms with Crippen LogP contribution in [-0.2, 0) is 6.54 Å². The first-order valence-corrected chi connectivity index (χ1v) is 6.44. The third-order valence-electron chi connectivity index (χ3n) is 2.97. The zero-order valence-corrected chi connectivity index (χ0v) is 10.8. The molecule has 0 bridgehead atoms. The summed E-state index contributed by atoms with van der Waals surface area (Å²) in [5, 5.41) is 4.16. The van der Waals surface area contributed by atoms with Gasteiger partial charge in [-0.3, -0.25) is 0 Å². The van der Waals surface area contributed by atoms with Gasteiger partial charge in [-0.25, -0.2) is 14.0 Å². The smallest absolute Gasteiger partial charge is 0.248 e. The van der Waals surface area contributed by atoms with Gasteiger partial charge < -0.3 is 0 Å². The van der Waals surface area contributed by atoms with Gasteiger partial charge in [0, 0.05) is 11.0 Å². The van der Waals surface area contributed by atoms with Crippen LogP contribution in [0.15, 0.2) is 39.9 Å². The molecule has 1 fully saturated rings. The standard InChI is InChI=1S/C12H12BrN3O/c13-10-3-1-2-4-11(10)15-8-14-16(12(15)17)7-9-5-6-9/h1-4,8-9H,5-7H2. The predicted molar refractivity (Wildman–Crippen MR) is 68.2 cm³/mol. The summed E-state index contributed by atoms with van der Waals surface area (Å²) in [6.07, 6.45) is 4.02. The molecule has 17 heavy (non-hydrogen) atoms. The summed E-state index contributed by atoms with van der Waals surface area (Å²) in [5.41, 5.74) is 0.767. The highest BCUT2D eigenvalue weighted by Crippen LogP contribution is 2.29. The fraction of sp³-hybridized carbons (Fsp3) is 0.333. The Kier molecular flexibility index (Phi) is 2.63. The van der Waals surface area contributed by atoms with E-state index >= 15 is 0 Å². The van der Waals surface area contributed by atoms with Crippen molar-refractivity contribution < 1.29 is 0 Å². The molecule has 1 saturated carbocycles. The molecule has 1 aliphatic carbocycles. The molecule has 1 heterocycles. The third kappa shape index (κ3) is 2.07. The maximum atomic E-state index is 12.1. The minimum absolute atomic E-state index is 0.0659. The van der Waals surface area contributed by atoms with Gasteiger partial charge in [0.25, 0.3) is 0 Å². The Balaban J connectivity index is 2.01. The average Bonchev–Trinajstić information content (AvgIpc) is 3.07. The van der Waals surface area contributed by atoms with Gasteiger partial charge in [-0.2, -0.15) is 5.10 Å². The first kappa shape index (κ1) is 10.8. The van der Waals surface area contributed by atoms with Gasteiger partial charge in [0.2, 0.25) is 0 Å². The highest BCUT2D eigenvalue weighted by atomic mass is 79.9. The minimum Gasteiger partial charge on any atom is -0.248 e. The second-order valence-electron chi connectivity index (χ2n) is 4.36. The van der Waals surface area contributed by atoms with E-state index in [0.717, 1.165) is 16.7 Å². The molecule has 0 amide bonds. The van der Waals surface area contributed by atoms with Crippen molar-refractivity contribution in [2.75, 3.05) is 0 Å². The van der Waals surface area contributed by atoms with Crippen molar-refractivity contribution in [3.63, 3.8) is 0 Å². The van der Waals surface area contributed by atoms with Crippen molar-refractivity contribution in [1.29, 1.82) is 0 Å². The summed E-state index contributed by atoms with van der Waals surface area (Å²) >= 11 is 3.44. The Hall–Kier alpha value is -1.36. The minimum atomic E-state index is -0.0659. The van der Waals surface area contributed by atoms with Crippen molar-refractivity contribution in [3.05, 3.63) is 45.5 Å². The van der Waals surface area contributed by atoms with Gasteiger partial charge in [0.05, 0.1) is 5.69 Å². The molecule has 3 rings (SSSR count). The van der Waals surface area contributed by atoms with E-state index in [0.29, 0.717) is 5.92 Å². The van der Waals surface area contributed by atoms with E-state index in [2.05, 4.69) is 21.0 Å². The van der Waals surface area contributed by atoms with Crippen molar-refractivity contribution in [2.24, 2.45) is 5.92 Å². The summed E-state index contributed by atoms with van der Waals surface area (Å²) < 4.78 is 4.02. The van der Waals surface area contributed by atoms with Crippen LogP contribution in [0.5, 0.6) is 0 Å². The van der Waals surface area contributed by atoms with Crippen LogP contribution in [0.3, 0.4) is 0 Å². The topological polar surface area (TPSA) is 39.8 Å². The fourth-order valence-corrected chi connectivity index (χ4v) is 2.30. The molecule has 0 atom stereocenters. The van der Waals surface area contributed by atoms with Crippen molar-refractivity contribution in [3.8, 4) is 5.69 Å². The van der Waals surface area contributed by atoms with E-state index in [-0.39, 0.29) is 5.69 Å². The Labute approximate surface area is 107 Å². The monoisotopic (exact) mass is 293 g/mol. The zero-order valence-electron chi connectivity index (χ0n) is 9.21. The third-order valence-corrected chi connectivity index (χ3v) is 3.64. The largest absolute Gasteiger partial charge is 0.350 e. The molecule has 5 heteroatoms. The van der Waals surface area contributed by atoms with Crippen molar-refractivity contribution in [2.45, 2.75) is 19.4 Å². The van der Waals surface area contributed by atoms with E-state index in [9.17, 15) is 4.79 Å². The molecule has 0 radical (unpaired) electrons. The maximum absolute atomic E-state index is 12.1. The first-order chi connectivity index (χ1) is 8.25. The molecule has 1 aromatic carbocycles. The van der Waals surface area contributed by atoms with E-state index in [1.807, 2.05) is 24.3 Å². The van der Waals surface area contributed by atoms with E-state index in [1.54, 1.807) is 15.6 Å². The van der Waals surface area contributed by atoms with Crippen LogP contribution in [0.1, 0.15) is 12.8 Å². The Morgan fingerprint density at radius 3 is 2.82 bits per heavy atom. The molecule has 4 nitrogen and oxygen atoms in total. The van der Waals surface area contributed by atoms with Crippen LogP contribution in [0.2, 0.25) is 0 Å². The molecule has 1 aliphatic rings. The SMILES string of the molecule is O=c1n(-c2ccccc2Br)cnn1CC1CC1. The molecule has 0 saturated heterocycles. The number of nitrogens with zero attached hydrogens (tertiary/aromatic N) is 3. The molecule has 0 unspecified atom stereocenters. The summed E-state index contributed by atoms with van der Waals surface area (Å²) in [7, 11) is 0. The van der Waals surface area contributed by atoms with E-state index in [1.165, 1.54) is 12.8 Å². The molecule has 0 N–H and O–H groups in total. The zero-order chi connectivity index (χ0) is 11.8. The molecule has 0 spiro atoms. The van der Waals surface area contributed by atoms with Crippen LogP contribution in [0.4, 0.5) is 0 Å². The molecule has 1 aromatic heterocycles. The lowest BCUT2D eigenvalue weighted by atomic mass is 10.3. The Morgan fingerprint density at radius 2 is 2.12 bits per heavy atom. The highest BCUT2D eigenvalue weighted by molar-refractivity contribution is 9.10. The first-order valence-electron chi connectivity index (χ1n) is 5.65. The maximum Gasteiger partial charge on any atom is 0.350 e. The molecule has 2 aromatic rings. The number of halogens is 1. The number of benzene rings is 1. The Bertz CT molecular complexity index is 598. The van der Waals surface area contributed by atoms with Crippen molar-refractivity contribution in [1.82, 2.24) is 14.3 Å². The second-order valence-corrected chi connectivity index (χ2v) is 5.21. The van der Waals surface area contributed by atoms with Crippen LogP contribution >= 0.6 is 15.9 Å². The molecular formula is C12H12BrN3O. The van der Waals surface area contributed by atoms with Gasteiger partial charge in [-0.15, -0.1) is 0 Å². The Morgan fingerprint density at radius 1 is 1.35 bits per heavy atom. The summed E-state index contributed by atoms with van der Waals surface area (Å²) in [4.78, 5) is 12.1. The van der Waals surface area contributed by atoms with Gasteiger partial charge in [-0.05, 0) is 46.8 Å². The van der Waals surface area contributed by atoms with Crippen molar-refractivity contribution >= 4 is 15.9 Å². The normalized spacial score (nSPS) is 15.1.